The molecule has 1 N–H and O–H groups in total. The van der Waals surface area contributed by atoms with E-state index < -0.39 is 0 Å². The summed E-state index contributed by atoms with van der Waals surface area (Å²) in [4.78, 5) is 26.9. The van der Waals surface area contributed by atoms with E-state index in [1.54, 1.807) is 0 Å². The van der Waals surface area contributed by atoms with Gasteiger partial charge in [0.05, 0.1) is 0 Å². The molecule has 154 valence electrons. The van der Waals surface area contributed by atoms with E-state index in [9.17, 15) is 14.0 Å². The molecule has 0 aromatic heterocycles. The van der Waals surface area contributed by atoms with Gasteiger partial charge >= 0.3 is 0 Å². The van der Waals surface area contributed by atoms with Gasteiger partial charge in [0.25, 0.3) is 5.91 Å². The number of nitrogens with one attached hydrogen (secondary N) is 1. The number of rotatable bonds is 9. The van der Waals surface area contributed by atoms with Gasteiger partial charge in [-0.25, -0.2) is 4.39 Å². The molecule has 3 rings (SSSR count). The van der Waals surface area contributed by atoms with Gasteiger partial charge in [-0.2, -0.15) is 0 Å². The van der Waals surface area contributed by atoms with Crippen LogP contribution in [0.25, 0.3) is 0 Å². The molecule has 1 aliphatic carbocycles. The molecule has 0 saturated heterocycles. The molecule has 0 bridgehead atoms. The lowest BCUT2D eigenvalue weighted by molar-refractivity contribution is -0.118. The van der Waals surface area contributed by atoms with Gasteiger partial charge in [0.1, 0.15) is 5.82 Å². The normalized spacial score (nSPS) is 14.0. The molecule has 1 saturated carbocycles. The third kappa shape index (κ3) is 6.41. The van der Waals surface area contributed by atoms with Gasteiger partial charge < -0.3 is 10.2 Å². The lowest BCUT2D eigenvalue weighted by Crippen LogP contribution is -2.34. The van der Waals surface area contributed by atoms with Gasteiger partial charge in [-0.05, 0) is 55.2 Å². The monoisotopic (exact) mass is 396 g/mol. The van der Waals surface area contributed by atoms with E-state index in [2.05, 4.69) is 5.32 Å². The Balaban J connectivity index is 1.50. The number of benzene rings is 2. The maximum Gasteiger partial charge on any atom is 0.251 e. The van der Waals surface area contributed by atoms with Crippen LogP contribution in [0.15, 0.2) is 54.6 Å². The van der Waals surface area contributed by atoms with Crippen LogP contribution < -0.4 is 10.2 Å². The molecule has 0 heterocycles. The zero-order valence-electron chi connectivity index (χ0n) is 16.8. The van der Waals surface area contributed by atoms with Crippen molar-refractivity contribution in [2.24, 2.45) is 5.92 Å². The predicted molar refractivity (Wildman–Crippen MR) is 113 cm³/mol. The van der Waals surface area contributed by atoms with Crippen molar-refractivity contribution in [1.82, 2.24) is 5.32 Å². The second-order valence-electron chi connectivity index (χ2n) is 7.69. The molecule has 1 aliphatic rings. The minimum absolute atomic E-state index is 0.146. The number of anilines is 1. The molecule has 1 fully saturated rings. The molecular weight excluding hydrogens is 367 g/mol. The summed E-state index contributed by atoms with van der Waals surface area (Å²) in [5.41, 5.74) is 1.33. The third-order valence-corrected chi connectivity index (χ3v) is 5.56. The number of carbonyl (C=O) groups is 2. The zero-order chi connectivity index (χ0) is 20.5. The minimum atomic E-state index is -0.365. The van der Waals surface area contributed by atoms with E-state index in [0.29, 0.717) is 37.4 Å². The molecule has 0 unspecified atom stereocenters. The van der Waals surface area contributed by atoms with Crippen molar-refractivity contribution < 1.29 is 14.0 Å². The highest BCUT2D eigenvalue weighted by Crippen LogP contribution is 2.29. The Bertz CT molecular complexity index is 786. The highest BCUT2D eigenvalue weighted by molar-refractivity contribution is 5.94. The minimum Gasteiger partial charge on any atom is -0.352 e. The van der Waals surface area contributed by atoms with Crippen molar-refractivity contribution in [2.45, 2.75) is 44.9 Å². The molecule has 2 aromatic rings. The standard InChI is InChI=1S/C24H29FN2O2/c25-21-14-12-20(13-15-21)24(29)26-17-6-18-27(22-9-2-1-3-10-22)23(28)16-11-19-7-4-5-8-19/h1-3,9-10,12-15,19H,4-8,11,16-18H2,(H,26,29). The molecule has 2 aromatic carbocycles. The summed E-state index contributed by atoms with van der Waals surface area (Å²) in [5.74, 6) is 0.236. The number of halogens is 1. The molecule has 0 radical (unpaired) electrons. The van der Waals surface area contributed by atoms with Crippen molar-refractivity contribution in [3.63, 3.8) is 0 Å². The van der Waals surface area contributed by atoms with Crippen molar-refractivity contribution in [3.05, 3.63) is 66.0 Å². The van der Waals surface area contributed by atoms with Crippen molar-refractivity contribution >= 4 is 17.5 Å². The van der Waals surface area contributed by atoms with Gasteiger partial charge in [-0.15, -0.1) is 0 Å². The fourth-order valence-corrected chi connectivity index (χ4v) is 3.91. The molecular formula is C24H29FN2O2. The summed E-state index contributed by atoms with van der Waals surface area (Å²) < 4.78 is 13.0. The second kappa shape index (κ2) is 10.7. The molecule has 5 heteroatoms. The first kappa shape index (κ1) is 21.0. The van der Waals surface area contributed by atoms with Gasteiger partial charge in [-0.3, -0.25) is 9.59 Å². The number of hydrogen-bond donors (Lipinski definition) is 1. The summed E-state index contributed by atoms with van der Waals surface area (Å²) in [6, 6.07) is 15.2. The van der Waals surface area contributed by atoms with Crippen molar-refractivity contribution in [3.8, 4) is 0 Å². The van der Waals surface area contributed by atoms with Crippen LogP contribution in [0.3, 0.4) is 0 Å². The van der Waals surface area contributed by atoms with Crippen molar-refractivity contribution in [2.75, 3.05) is 18.0 Å². The number of hydrogen-bond acceptors (Lipinski definition) is 2. The van der Waals surface area contributed by atoms with E-state index >= 15 is 0 Å². The summed E-state index contributed by atoms with van der Waals surface area (Å²) in [6.07, 6.45) is 7.24. The maximum atomic E-state index is 13.0. The Morgan fingerprint density at radius 3 is 2.38 bits per heavy atom. The SMILES string of the molecule is O=C(NCCCN(C(=O)CCC1CCCC1)c1ccccc1)c1ccc(F)cc1. The summed E-state index contributed by atoms with van der Waals surface area (Å²) in [6.45, 7) is 1.01. The molecule has 29 heavy (non-hydrogen) atoms. The highest BCUT2D eigenvalue weighted by Gasteiger charge is 2.20. The average Bonchev–Trinajstić information content (AvgIpc) is 3.27. The Hall–Kier alpha value is -2.69. The first-order chi connectivity index (χ1) is 14.1. The zero-order valence-corrected chi connectivity index (χ0v) is 16.8. The Kier molecular flexibility index (Phi) is 7.79. The first-order valence-corrected chi connectivity index (χ1v) is 10.5. The van der Waals surface area contributed by atoms with Crippen LogP contribution >= 0.6 is 0 Å². The van der Waals surface area contributed by atoms with Gasteiger partial charge in [0.2, 0.25) is 5.91 Å². The average molecular weight is 397 g/mol. The van der Waals surface area contributed by atoms with Crippen LogP contribution in [0.5, 0.6) is 0 Å². The van der Waals surface area contributed by atoms with E-state index in [1.807, 2.05) is 35.2 Å². The fraction of sp³-hybridized carbons (Fsp3) is 0.417. The Morgan fingerprint density at radius 2 is 1.69 bits per heavy atom. The van der Waals surface area contributed by atoms with Crippen LogP contribution in [0.1, 0.15) is 55.3 Å². The Labute approximate surface area is 172 Å². The van der Waals surface area contributed by atoms with Gasteiger partial charge in [0, 0.05) is 30.8 Å². The van der Waals surface area contributed by atoms with Crippen molar-refractivity contribution in [1.29, 1.82) is 0 Å². The molecule has 4 nitrogen and oxygen atoms in total. The molecule has 0 spiro atoms. The molecule has 0 aliphatic heterocycles. The van der Waals surface area contributed by atoms with Crippen LogP contribution in [0.2, 0.25) is 0 Å². The number of amides is 2. The predicted octanol–water partition coefficient (Wildman–Crippen LogP) is 4.95. The second-order valence-corrected chi connectivity index (χ2v) is 7.69. The maximum absolute atomic E-state index is 13.0. The summed E-state index contributed by atoms with van der Waals surface area (Å²) in [5, 5.41) is 2.84. The number of nitrogens with zero attached hydrogens (tertiary/aromatic N) is 1. The highest BCUT2D eigenvalue weighted by atomic mass is 19.1. The van der Waals surface area contributed by atoms with E-state index in [4.69, 9.17) is 0 Å². The van der Waals surface area contributed by atoms with Crippen LogP contribution in [-0.2, 0) is 4.79 Å². The lowest BCUT2D eigenvalue weighted by Gasteiger charge is -2.24. The van der Waals surface area contributed by atoms with Crippen LogP contribution in [0, 0.1) is 11.7 Å². The van der Waals surface area contributed by atoms with E-state index in [-0.39, 0.29) is 17.6 Å². The number of carbonyl (C=O) groups excluding carboxylic acids is 2. The van der Waals surface area contributed by atoms with Gasteiger partial charge in [-0.1, -0.05) is 43.9 Å². The fourth-order valence-electron chi connectivity index (χ4n) is 3.91. The van der Waals surface area contributed by atoms with Gasteiger partial charge in [0.15, 0.2) is 0 Å². The lowest BCUT2D eigenvalue weighted by atomic mass is 10.0. The topological polar surface area (TPSA) is 49.4 Å². The van der Waals surface area contributed by atoms with E-state index in [0.717, 1.165) is 12.1 Å². The van der Waals surface area contributed by atoms with E-state index in [1.165, 1.54) is 49.9 Å². The van der Waals surface area contributed by atoms with Crippen LogP contribution in [0.4, 0.5) is 10.1 Å². The first-order valence-electron chi connectivity index (χ1n) is 10.5. The molecule has 2 amide bonds. The third-order valence-electron chi connectivity index (χ3n) is 5.56. The van der Waals surface area contributed by atoms with Crippen LogP contribution in [-0.4, -0.2) is 24.9 Å². The summed E-state index contributed by atoms with van der Waals surface area (Å²) >= 11 is 0. The summed E-state index contributed by atoms with van der Waals surface area (Å²) in [7, 11) is 0. The number of para-hydroxylation sites is 1. The quantitative estimate of drug-likeness (QED) is 0.610. The molecule has 0 atom stereocenters. The largest absolute Gasteiger partial charge is 0.352 e. The Morgan fingerprint density at radius 1 is 1.00 bits per heavy atom. The smallest absolute Gasteiger partial charge is 0.251 e.